The quantitative estimate of drug-likeness (QED) is 0.792. The van der Waals surface area contributed by atoms with Gasteiger partial charge in [-0.15, -0.1) is 0 Å². The van der Waals surface area contributed by atoms with Crippen LogP contribution in [-0.4, -0.2) is 72.3 Å². The molecule has 24 heavy (non-hydrogen) atoms. The summed E-state index contributed by atoms with van der Waals surface area (Å²) in [4.78, 5) is 32.3. The number of likely N-dealkylation sites (tertiary alicyclic amines) is 3. The van der Waals surface area contributed by atoms with Crippen LogP contribution in [0.3, 0.4) is 0 Å². The van der Waals surface area contributed by atoms with Gasteiger partial charge in [-0.2, -0.15) is 0 Å². The van der Waals surface area contributed by atoms with Crippen molar-refractivity contribution in [3.8, 4) is 0 Å². The van der Waals surface area contributed by atoms with E-state index in [1.165, 1.54) is 0 Å². The van der Waals surface area contributed by atoms with Gasteiger partial charge in [0.25, 0.3) is 0 Å². The maximum Gasteiger partial charge on any atom is 0.230 e. The average molecular weight is 335 g/mol. The summed E-state index contributed by atoms with van der Waals surface area (Å²) in [6, 6.07) is 0.294. The maximum absolute atomic E-state index is 13.4. The molecule has 3 heterocycles. The number of nitrogens with zero attached hydrogens (tertiary/aromatic N) is 3. The molecule has 0 bridgehead atoms. The molecule has 3 rings (SSSR count). The largest absolute Gasteiger partial charge is 0.343 e. The van der Waals surface area contributed by atoms with Gasteiger partial charge in [0.05, 0.1) is 5.41 Å². The van der Waals surface area contributed by atoms with Gasteiger partial charge in [-0.25, -0.2) is 0 Å². The smallest absolute Gasteiger partial charge is 0.230 e. The van der Waals surface area contributed by atoms with Gasteiger partial charge >= 0.3 is 0 Å². The molecule has 2 atom stereocenters. The number of carbonyl (C=O) groups excluding carboxylic acids is 2. The number of rotatable bonds is 3. The standard InChI is InChI=1S/C19H33N3O2/c1-15(2)14-17(23)21-11-6-16-19(8-13-21,7-12-20(16)3)18(24)22-9-4-5-10-22/h15-16H,4-14H2,1-3H3/t16-,19-/m0/s1. The Labute approximate surface area is 146 Å². The fourth-order valence-electron chi connectivity index (χ4n) is 4.95. The van der Waals surface area contributed by atoms with Crippen molar-refractivity contribution in [2.75, 3.05) is 39.8 Å². The lowest BCUT2D eigenvalue weighted by Crippen LogP contribution is -2.49. The van der Waals surface area contributed by atoms with Gasteiger partial charge in [-0.1, -0.05) is 13.8 Å². The van der Waals surface area contributed by atoms with Gasteiger partial charge in [0.1, 0.15) is 0 Å². The van der Waals surface area contributed by atoms with Crippen molar-refractivity contribution in [3.63, 3.8) is 0 Å². The van der Waals surface area contributed by atoms with Crippen molar-refractivity contribution >= 4 is 11.8 Å². The Bertz CT molecular complexity index is 487. The zero-order chi connectivity index (χ0) is 17.3. The minimum atomic E-state index is -0.258. The van der Waals surface area contributed by atoms with Crippen LogP contribution in [0, 0.1) is 11.3 Å². The molecule has 136 valence electrons. The van der Waals surface area contributed by atoms with Crippen molar-refractivity contribution in [1.29, 1.82) is 0 Å². The third-order valence-electron chi connectivity index (χ3n) is 6.34. The highest BCUT2D eigenvalue weighted by Gasteiger charge is 2.54. The number of amides is 2. The third-order valence-corrected chi connectivity index (χ3v) is 6.34. The number of hydrogen-bond donors (Lipinski definition) is 0. The normalized spacial score (nSPS) is 31.4. The van der Waals surface area contributed by atoms with Gasteiger partial charge < -0.3 is 14.7 Å². The van der Waals surface area contributed by atoms with Gasteiger partial charge in [0.15, 0.2) is 0 Å². The second-order valence-electron chi connectivity index (χ2n) is 8.42. The molecule has 3 fully saturated rings. The summed E-state index contributed by atoms with van der Waals surface area (Å²) in [7, 11) is 2.15. The lowest BCUT2D eigenvalue weighted by atomic mass is 9.75. The molecule has 0 aliphatic carbocycles. The van der Waals surface area contributed by atoms with Crippen molar-refractivity contribution in [2.24, 2.45) is 11.3 Å². The molecular formula is C19H33N3O2. The Kier molecular flexibility index (Phi) is 5.19. The van der Waals surface area contributed by atoms with E-state index in [-0.39, 0.29) is 11.3 Å². The summed E-state index contributed by atoms with van der Waals surface area (Å²) in [6.45, 7) is 8.59. The van der Waals surface area contributed by atoms with Crippen LogP contribution in [-0.2, 0) is 9.59 Å². The summed E-state index contributed by atoms with van der Waals surface area (Å²) in [5.74, 6) is 1.02. The molecule has 0 radical (unpaired) electrons. The lowest BCUT2D eigenvalue weighted by molar-refractivity contribution is -0.143. The van der Waals surface area contributed by atoms with E-state index < -0.39 is 0 Å². The van der Waals surface area contributed by atoms with Crippen LogP contribution in [0.5, 0.6) is 0 Å². The average Bonchev–Trinajstić information content (AvgIpc) is 3.11. The van der Waals surface area contributed by atoms with Crippen LogP contribution in [0.15, 0.2) is 0 Å². The van der Waals surface area contributed by atoms with Crippen LogP contribution < -0.4 is 0 Å². The predicted octanol–water partition coefficient (Wildman–Crippen LogP) is 1.97. The molecule has 0 saturated carbocycles. The van der Waals surface area contributed by atoms with E-state index in [9.17, 15) is 9.59 Å². The van der Waals surface area contributed by atoms with E-state index in [0.29, 0.717) is 24.3 Å². The highest BCUT2D eigenvalue weighted by Crippen LogP contribution is 2.45. The van der Waals surface area contributed by atoms with Crippen molar-refractivity contribution in [1.82, 2.24) is 14.7 Å². The molecule has 2 amide bonds. The van der Waals surface area contributed by atoms with E-state index in [4.69, 9.17) is 0 Å². The minimum absolute atomic E-state index is 0.258. The number of carbonyl (C=O) groups is 2. The van der Waals surface area contributed by atoms with Gasteiger partial charge in [0.2, 0.25) is 11.8 Å². The summed E-state index contributed by atoms with van der Waals surface area (Å²) in [5, 5.41) is 0. The molecule has 0 unspecified atom stereocenters. The number of fused-ring (bicyclic) bond motifs is 1. The first-order valence-corrected chi connectivity index (χ1v) is 9.71. The topological polar surface area (TPSA) is 43.9 Å². The fraction of sp³-hybridized carbons (Fsp3) is 0.895. The summed E-state index contributed by atoms with van der Waals surface area (Å²) in [6.07, 6.45) is 5.62. The fourth-order valence-corrected chi connectivity index (χ4v) is 4.95. The van der Waals surface area contributed by atoms with E-state index in [1.54, 1.807) is 0 Å². The van der Waals surface area contributed by atoms with Crippen molar-refractivity contribution in [2.45, 2.75) is 58.4 Å². The molecule has 3 aliphatic rings. The first kappa shape index (κ1) is 17.7. The van der Waals surface area contributed by atoms with Crippen LogP contribution in [0.4, 0.5) is 0 Å². The summed E-state index contributed by atoms with van der Waals surface area (Å²) < 4.78 is 0. The predicted molar refractivity (Wildman–Crippen MR) is 94.6 cm³/mol. The van der Waals surface area contributed by atoms with Gasteiger partial charge in [-0.3, -0.25) is 9.59 Å². The van der Waals surface area contributed by atoms with Gasteiger partial charge in [-0.05, 0) is 51.6 Å². The molecule has 0 aromatic carbocycles. The van der Waals surface area contributed by atoms with Gasteiger partial charge in [0, 0.05) is 38.6 Å². The molecule has 3 saturated heterocycles. The SMILES string of the molecule is CC(C)CC(=O)N1CC[C@@H]2N(C)CC[C@]2(C(=O)N2CCCC2)CC1. The van der Waals surface area contributed by atoms with Crippen molar-refractivity contribution in [3.05, 3.63) is 0 Å². The molecule has 0 N–H and O–H groups in total. The molecule has 0 aromatic heterocycles. The molecule has 5 nitrogen and oxygen atoms in total. The Morgan fingerprint density at radius 1 is 1.00 bits per heavy atom. The second kappa shape index (κ2) is 7.03. The first-order valence-electron chi connectivity index (χ1n) is 9.71. The third kappa shape index (κ3) is 3.19. The molecule has 5 heteroatoms. The molecule has 0 aromatic rings. The highest BCUT2D eigenvalue weighted by atomic mass is 16.2. The second-order valence-corrected chi connectivity index (χ2v) is 8.42. The molecule has 0 spiro atoms. The van der Waals surface area contributed by atoms with Crippen molar-refractivity contribution < 1.29 is 9.59 Å². The molecule has 3 aliphatic heterocycles. The monoisotopic (exact) mass is 335 g/mol. The Balaban J connectivity index is 1.77. The van der Waals surface area contributed by atoms with Crippen LogP contribution in [0.25, 0.3) is 0 Å². The Morgan fingerprint density at radius 3 is 2.33 bits per heavy atom. The van der Waals surface area contributed by atoms with E-state index >= 15 is 0 Å². The van der Waals surface area contributed by atoms with Crippen LogP contribution >= 0.6 is 0 Å². The van der Waals surface area contributed by atoms with E-state index in [1.807, 2.05) is 4.90 Å². The van der Waals surface area contributed by atoms with E-state index in [0.717, 1.165) is 64.8 Å². The maximum atomic E-state index is 13.4. The van der Waals surface area contributed by atoms with E-state index in [2.05, 4.69) is 30.7 Å². The van der Waals surface area contributed by atoms with Crippen LogP contribution in [0.2, 0.25) is 0 Å². The summed E-state index contributed by atoms with van der Waals surface area (Å²) in [5.41, 5.74) is -0.258. The first-order chi connectivity index (χ1) is 11.4. The lowest BCUT2D eigenvalue weighted by Gasteiger charge is -2.37. The molecular weight excluding hydrogens is 302 g/mol. The zero-order valence-corrected chi connectivity index (χ0v) is 15.6. The number of hydrogen-bond acceptors (Lipinski definition) is 3. The zero-order valence-electron chi connectivity index (χ0n) is 15.6. The minimum Gasteiger partial charge on any atom is -0.343 e. The highest BCUT2D eigenvalue weighted by molar-refractivity contribution is 5.84. The Hall–Kier alpha value is -1.10. The Morgan fingerprint density at radius 2 is 1.67 bits per heavy atom. The summed E-state index contributed by atoms with van der Waals surface area (Å²) >= 11 is 0. The van der Waals surface area contributed by atoms with Crippen LogP contribution in [0.1, 0.15) is 52.4 Å².